The second-order valence-electron chi connectivity index (χ2n) is 11.4. The number of hydrogen-bond donors (Lipinski definition) is 2. The third-order valence-corrected chi connectivity index (χ3v) is 10.1. The minimum atomic E-state index is -0.913. The second kappa shape index (κ2) is 12.6. The van der Waals surface area contributed by atoms with Gasteiger partial charge in [0.2, 0.25) is 11.7 Å². The Morgan fingerprint density at radius 2 is 1.65 bits per heavy atom. The van der Waals surface area contributed by atoms with E-state index in [0.717, 1.165) is 17.5 Å². The van der Waals surface area contributed by atoms with Crippen molar-refractivity contribution in [2.75, 3.05) is 40.4 Å². The fraction of sp³-hybridized carbons (Fsp3) is 0.394. The van der Waals surface area contributed by atoms with Gasteiger partial charge in [-0.15, -0.1) is 0 Å². The van der Waals surface area contributed by atoms with Crippen molar-refractivity contribution >= 4 is 35.0 Å². The highest BCUT2D eigenvalue weighted by Gasteiger charge is 2.51. The Bertz CT molecular complexity index is 1480. The van der Waals surface area contributed by atoms with Crippen LogP contribution < -0.4 is 15.2 Å². The summed E-state index contributed by atoms with van der Waals surface area (Å²) < 4.78 is 10.5. The first-order valence-corrected chi connectivity index (χ1v) is 15.1. The Balaban J connectivity index is 1.39. The fourth-order valence-corrected chi connectivity index (χ4v) is 7.15. The van der Waals surface area contributed by atoms with E-state index in [4.69, 9.17) is 38.4 Å². The monoisotopic (exact) mass is 625 g/mol. The maximum absolute atomic E-state index is 13.5. The van der Waals surface area contributed by atoms with Gasteiger partial charge in [0.1, 0.15) is 0 Å². The molecule has 0 aliphatic carbocycles. The first-order valence-electron chi connectivity index (χ1n) is 14.4. The number of hydrogen-bond acceptors (Lipinski definition) is 6. The highest BCUT2D eigenvalue weighted by Crippen LogP contribution is 2.47. The Morgan fingerprint density at radius 3 is 2.26 bits per heavy atom. The van der Waals surface area contributed by atoms with Crippen molar-refractivity contribution in [1.29, 1.82) is 0 Å². The van der Waals surface area contributed by atoms with E-state index in [9.17, 15) is 14.7 Å². The lowest BCUT2D eigenvalue weighted by Crippen LogP contribution is -2.57. The van der Waals surface area contributed by atoms with Crippen molar-refractivity contribution in [3.8, 4) is 17.2 Å². The number of nitrogens with two attached hydrogens (primary N) is 1. The van der Waals surface area contributed by atoms with Crippen LogP contribution in [0.25, 0.3) is 0 Å². The topological polar surface area (TPSA) is 105 Å². The van der Waals surface area contributed by atoms with Crippen molar-refractivity contribution in [3.63, 3.8) is 0 Å². The average molecular weight is 627 g/mol. The van der Waals surface area contributed by atoms with Crippen LogP contribution in [-0.2, 0) is 10.2 Å². The number of primary amides is 1. The lowest BCUT2D eigenvalue weighted by atomic mass is 9.62. The van der Waals surface area contributed by atoms with Crippen LogP contribution in [0.3, 0.4) is 0 Å². The molecule has 3 N–H and O–H groups in total. The first kappa shape index (κ1) is 31.0. The molecule has 0 spiro atoms. The summed E-state index contributed by atoms with van der Waals surface area (Å²) in [4.78, 5) is 31.1. The number of piperidine rings is 1. The summed E-state index contributed by atoms with van der Waals surface area (Å²) in [6.45, 7) is 4.65. The van der Waals surface area contributed by atoms with E-state index in [1.807, 2.05) is 47.4 Å². The molecule has 2 heterocycles. The van der Waals surface area contributed by atoms with E-state index in [2.05, 4.69) is 11.8 Å². The van der Waals surface area contributed by atoms with Gasteiger partial charge < -0.3 is 25.2 Å². The molecule has 3 aromatic rings. The molecule has 43 heavy (non-hydrogen) atoms. The Labute approximate surface area is 262 Å². The van der Waals surface area contributed by atoms with Crippen molar-refractivity contribution in [2.45, 2.75) is 37.1 Å². The number of amides is 2. The summed E-state index contributed by atoms with van der Waals surface area (Å²) in [6, 6.07) is 18.5. The van der Waals surface area contributed by atoms with Crippen LogP contribution in [0.4, 0.5) is 0 Å². The van der Waals surface area contributed by atoms with Crippen LogP contribution in [0.2, 0.25) is 10.0 Å². The van der Waals surface area contributed by atoms with E-state index < -0.39 is 5.41 Å². The van der Waals surface area contributed by atoms with Crippen LogP contribution in [0.1, 0.15) is 47.2 Å². The van der Waals surface area contributed by atoms with Gasteiger partial charge in [-0.2, -0.15) is 0 Å². The van der Waals surface area contributed by atoms with Crippen molar-refractivity contribution < 1.29 is 24.2 Å². The average Bonchev–Trinajstić information content (AvgIpc) is 3.52. The molecule has 2 saturated heterocycles. The number of nitrogens with zero attached hydrogens (tertiary/aromatic N) is 2. The number of halogens is 2. The van der Waals surface area contributed by atoms with Crippen LogP contribution in [-0.4, -0.2) is 73.2 Å². The lowest BCUT2D eigenvalue weighted by molar-refractivity contribution is -0.126. The largest absolute Gasteiger partial charge is 0.502 e. The van der Waals surface area contributed by atoms with E-state index in [-0.39, 0.29) is 46.9 Å². The molecule has 2 amide bonds. The van der Waals surface area contributed by atoms with Crippen molar-refractivity contribution in [3.05, 3.63) is 87.4 Å². The quantitative estimate of drug-likeness (QED) is 0.343. The smallest absolute Gasteiger partial charge is 0.254 e. The number of benzene rings is 3. The Morgan fingerprint density at radius 1 is 0.977 bits per heavy atom. The van der Waals surface area contributed by atoms with Crippen LogP contribution in [0.5, 0.6) is 17.2 Å². The molecule has 4 atom stereocenters. The molecule has 10 heteroatoms. The molecule has 228 valence electrons. The maximum atomic E-state index is 13.5. The molecule has 0 aromatic heterocycles. The van der Waals surface area contributed by atoms with Gasteiger partial charge in [-0.1, -0.05) is 59.6 Å². The van der Waals surface area contributed by atoms with Crippen LogP contribution in [0, 0.1) is 5.92 Å². The highest BCUT2D eigenvalue weighted by molar-refractivity contribution is 6.42. The zero-order chi connectivity index (χ0) is 30.9. The minimum Gasteiger partial charge on any atom is -0.502 e. The standard InChI is InChI=1S/C33H37Cl2N3O5/c1-20(22-11-13-38(18-22)31(40)23-16-28(42-2)30(39)29(17-23)43-3)37-14-12-33(32(36)41,24-7-5-4-6-8-24)25(19-37)21-9-10-26(34)27(35)15-21/h4-10,15-17,20,22,25,39H,11-14,18-19H2,1-3H3,(H2,36,41). The Kier molecular flexibility index (Phi) is 9.11. The molecular formula is C33H37Cl2N3O5. The van der Waals surface area contributed by atoms with Gasteiger partial charge in [-0.3, -0.25) is 14.5 Å². The number of carbonyl (C=O) groups excluding carboxylic acids is 2. The summed E-state index contributed by atoms with van der Waals surface area (Å²) >= 11 is 12.7. The molecule has 5 rings (SSSR count). The predicted molar refractivity (Wildman–Crippen MR) is 167 cm³/mol. The number of ether oxygens (including phenoxy) is 2. The van der Waals surface area contributed by atoms with E-state index >= 15 is 0 Å². The number of methoxy groups -OCH3 is 2. The number of aromatic hydroxyl groups is 1. The number of rotatable bonds is 8. The maximum Gasteiger partial charge on any atom is 0.254 e. The summed E-state index contributed by atoms with van der Waals surface area (Å²) in [5.41, 5.74) is 7.52. The number of phenols is 1. The van der Waals surface area contributed by atoms with Crippen LogP contribution >= 0.6 is 23.2 Å². The van der Waals surface area contributed by atoms with Crippen molar-refractivity contribution in [2.24, 2.45) is 11.7 Å². The van der Waals surface area contributed by atoms with Crippen LogP contribution in [0.15, 0.2) is 60.7 Å². The summed E-state index contributed by atoms with van der Waals surface area (Å²) in [5.74, 6) is -0.310. The molecule has 0 saturated carbocycles. The molecular weight excluding hydrogens is 589 g/mol. The van der Waals surface area contributed by atoms with Gasteiger partial charge >= 0.3 is 0 Å². The van der Waals surface area contributed by atoms with Gasteiger partial charge in [-0.25, -0.2) is 0 Å². The fourth-order valence-electron chi connectivity index (χ4n) is 6.85. The molecule has 3 aromatic carbocycles. The summed E-state index contributed by atoms with van der Waals surface area (Å²) in [5, 5.41) is 11.2. The number of carbonyl (C=O) groups is 2. The third-order valence-electron chi connectivity index (χ3n) is 9.38. The Hall–Kier alpha value is -3.46. The summed E-state index contributed by atoms with van der Waals surface area (Å²) in [6.07, 6.45) is 1.39. The zero-order valence-corrected chi connectivity index (χ0v) is 26.1. The number of likely N-dealkylation sites (tertiary alicyclic amines) is 2. The molecule has 4 unspecified atom stereocenters. The lowest BCUT2D eigenvalue weighted by Gasteiger charge is -2.49. The normalized spacial score (nSPS) is 23.1. The van der Waals surface area contributed by atoms with Gasteiger partial charge in [0.05, 0.1) is 29.7 Å². The SMILES string of the molecule is COc1cc(C(=O)N2CCC(C(C)N3CCC(C(N)=O)(c4ccccc4)C(c4ccc(Cl)c(Cl)c4)C3)C2)cc(OC)c1O. The van der Waals surface area contributed by atoms with Gasteiger partial charge in [0, 0.05) is 37.2 Å². The molecule has 2 aliphatic rings. The third kappa shape index (κ3) is 5.76. The summed E-state index contributed by atoms with van der Waals surface area (Å²) in [7, 11) is 2.87. The molecule has 0 radical (unpaired) electrons. The zero-order valence-electron chi connectivity index (χ0n) is 24.6. The van der Waals surface area contributed by atoms with Gasteiger partial charge in [0.25, 0.3) is 5.91 Å². The van der Waals surface area contributed by atoms with E-state index in [0.29, 0.717) is 48.2 Å². The van der Waals surface area contributed by atoms with Crippen molar-refractivity contribution in [1.82, 2.24) is 9.80 Å². The highest BCUT2D eigenvalue weighted by atomic mass is 35.5. The molecule has 2 fully saturated rings. The van der Waals surface area contributed by atoms with Gasteiger partial charge in [0.15, 0.2) is 11.5 Å². The van der Waals surface area contributed by atoms with Gasteiger partial charge in [-0.05, 0) is 67.6 Å². The predicted octanol–water partition coefficient (Wildman–Crippen LogP) is 5.48. The minimum absolute atomic E-state index is 0.133. The second-order valence-corrected chi connectivity index (χ2v) is 12.3. The van der Waals surface area contributed by atoms with E-state index in [1.54, 1.807) is 6.07 Å². The number of phenolic OH excluding ortho intramolecular Hbond substituents is 1. The first-order chi connectivity index (χ1) is 20.6. The molecule has 2 aliphatic heterocycles. The van der Waals surface area contributed by atoms with E-state index in [1.165, 1.54) is 26.4 Å². The molecule has 0 bridgehead atoms. The molecule has 8 nitrogen and oxygen atoms in total.